The monoisotopic (exact) mass is 279 g/mol. The van der Waals surface area contributed by atoms with Crippen LogP contribution in [0.2, 0.25) is 0 Å². The Balaban J connectivity index is 2.08. The Kier molecular flexibility index (Phi) is 4.29. The van der Waals surface area contributed by atoms with Gasteiger partial charge >= 0.3 is 5.97 Å². The summed E-state index contributed by atoms with van der Waals surface area (Å²) in [5, 5.41) is 10.9. The van der Waals surface area contributed by atoms with E-state index in [-0.39, 0.29) is 5.56 Å². The number of rotatable bonds is 5. The first-order valence-electron chi connectivity index (χ1n) is 5.78. The molecule has 0 atom stereocenters. The van der Waals surface area contributed by atoms with Crippen molar-refractivity contribution in [3.8, 4) is 0 Å². The largest absolute Gasteiger partial charge is 0.478 e. The fraction of sp³-hybridized carbons (Fsp3) is 0.214. The van der Waals surface area contributed by atoms with Gasteiger partial charge in [0.2, 0.25) is 0 Å². The number of halogens is 1. The zero-order chi connectivity index (χ0) is 13.8. The zero-order valence-electron chi connectivity index (χ0n) is 10.5. The van der Waals surface area contributed by atoms with Crippen LogP contribution in [0.4, 0.5) is 4.39 Å². The quantitative estimate of drug-likeness (QED) is 0.913. The molecule has 0 saturated heterocycles. The van der Waals surface area contributed by atoms with Gasteiger partial charge in [0, 0.05) is 18.0 Å². The summed E-state index contributed by atoms with van der Waals surface area (Å²) in [7, 11) is 1.92. The van der Waals surface area contributed by atoms with Crippen LogP contribution >= 0.6 is 11.3 Å². The lowest BCUT2D eigenvalue weighted by Crippen LogP contribution is -2.17. The minimum atomic E-state index is -1.11. The summed E-state index contributed by atoms with van der Waals surface area (Å²) in [6.07, 6.45) is 0. The van der Waals surface area contributed by atoms with E-state index in [4.69, 9.17) is 5.11 Å². The Morgan fingerprint density at radius 2 is 2.16 bits per heavy atom. The molecule has 1 N–H and O–H groups in total. The van der Waals surface area contributed by atoms with Crippen LogP contribution in [0.25, 0.3) is 0 Å². The number of hydrogen-bond donors (Lipinski definition) is 1. The number of aromatic carboxylic acids is 1. The van der Waals surface area contributed by atoms with E-state index in [1.54, 1.807) is 11.3 Å². The van der Waals surface area contributed by atoms with Gasteiger partial charge in [-0.2, -0.15) is 0 Å². The summed E-state index contributed by atoms with van der Waals surface area (Å²) in [6.45, 7) is 1.27. The van der Waals surface area contributed by atoms with E-state index in [1.165, 1.54) is 17.0 Å². The molecule has 3 nitrogen and oxygen atoms in total. The minimum absolute atomic E-state index is 0.0143. The molecule has 0 aliphatic carbocycles. The molecule has 100 valence electrons. The number of carbonyl (C=O) groups is 1. The minimum Gasteiger partial charge on any atom is -0.478 e. The number of benzene rings is 1. The highest BCUT2D eigenvalue weighted by molar-refractivity contribution is 7.09. The van der Waals surface area contributed by atoms with Crippen LogP contribution in [0.5, 0.6) is 0 Å². The molecule has 0 fully saturated rings. The summed E-state index contributed by atoms with van der Waals surface area (Å²) < 4.78 is 13.3. The van der Waals surface area contributed by atoms with Crippen molar-refractivity contribution in [2.24, 2.45) is 0 Å². The van der Waals surface area contributed by atoms with E-state index in [0.717, 1.165) is 12.6 Å². The molecule has 0 aliphatic rings. The number of hydrogen-bond acceptors (Lipinski definition) is 3. The fourth-order valence-electron chi connectivity index (χ4n) is 1.90. The standard InChI is InChI=1S/C14H14FNO2S/c1-16(9-13-3-2-4-19-13)8-10-5-11(14(17)18)7-12(15)6-10/h2-7H,8-9H2,1H3,(H,17,18). The molecule has 0 saturated carbocycles. The van der Waals surface area contributed by atoms with E-state index in [1.807, 2.05) is 29.5 Å². The predicted octanol–water partition coefficient (Wildman–Crippen LogP) is 3.22. The highest BCUT2D eigenvalue weighted by Crippen LogP contribution is 2.15. The van der Waals surface area contributed by atoms with E-state index < -0.39 is 11.8 Å². The molecular formula is C14H14FNO2S. The summed E-state index contributed by atoms with van der Waals surface area (Å²) in [5.41, 5.74) is 0.649. The van der Waals surface area contributed by atoms with Crippen molar-refractivity contribution in [1.29, 1.82) is 0 Å². The Labute approximate surface area is 114 Å². The van der Waals surface area contributed by atoms with Gasteiger partial charge in [-0.05, 0) is 42.3 Å². The predicted molar refractivity (Wildman–Crippen MR) is 72.8 cm³/mol. The van der Waals surface area contributed by atoms with Gasteiger partial charge in [0.1, 0.15) is 5.82 Å². The molecule has 0 amide bonds. The second kappa shape index (κ2) is 5.95. The van der Waals surface area contributed by atoms with E-state index in [9.17, 15) is 9.18 Å². The fourth-order valence-corrected chi connectivity index (χ4v) is 2.69. The molecule has 1 heterocycles. The lowest BCUT2D eigenvalue weighted by molar-refractivity contribution is 0.0696. The Morgan fingerprint density at radius 1 is 1.37 bits per heavy atom. The van der Waals surface area contributed by atoms with Crippen molar-refractivity contribution in [1.82, 2.24) is 4.90 Å². The Hall–Kier alpha value is -1.72. The van der Waals surface area contributed by atoms with Gasteiger partial charge in [-0.25, -0.2) is 9.18 Å². The molecule has 2 rings (SSSR count). The zero-order valence-corrected chi connectivity index (χ0v) is 11.3. The Bertz CT molecular complexity index is 569. The van der Waals surface area contributed by atoms with Crippen LogP contribution in [0.3, 0.4) is 0 Å². The molecule has 0 aliphatic heterocycles. The van der Waals surface area contributed by atoms with Gasteiger partial charge in [-0.1, -0.05) is 6.07 Å². The second-order valence-corrected chi connectivity index (χ2v) is 5.44. The van der Waals surface area contributed by atoms with Crippen LogP contribution in [-0.2, 0) is 13.1 Å². The molecular weight excluding hydrogens is 265 g/mol. The molecule has 0 spiro atoms. The van der Waals surface area contributed by atoms with Gasteiger partial charge in [0.25, 0.3) is 0 Å². The summed E-state index contributed by atoms with van der Waals surface area (Å²) in [4.78, 5) is 14.1. The molecule has 0 bridgehead atoms. The normalized spacial score (nSPS) is 10.9. The first kappa shape index (κ1) is 13.7. The number of carboxylic acids is 1. The van der Waals surface area contributed by atoms with Gasteiger partial charge in [0.05, 0.1) is 5.56 Å². The highest BCUT2D eigenvalue weighted by atomic mass is 32.1. The van der Waals surface area contributed by atoms with Crippen LogP contribution in [-0.4, -0.2) is 23.0 Å². The first-order valence-corrected chi connectivity index (χ1v) is 6.66. The first-order chi connectivity index (χ1) is 9.04. The van der Waals surface area contributed by atoms with Crippen molar-refractivity contribution < 1.29 is 14.3 Å². The van der Waals surface area contributed by atoms with Gasteiger partial charge in [-0.15, -0.1) is 11.3 Å². The van der Waals surface area contributed by atoms with Gasteiger partial charge in [0.15, 0.2) is 0 Å². The molecule has 0 unspecified atom stereocenters. The van der Waals surface area contributed by atoms with E-state index in [2.05, 4.69) is 0 Å². The van der Waals surface area contributed by atoms with Crippen molar-refractivity contribution >= 4 is 17.3 Å². The number of carboxylic acid groups (broad SMARTS) is 1. The Morgan fingerprint density at radius 3 is 2.79 bits per heavy atom. The number of nitrogens with zero attached hydrogens (tertiary/aromatic N) is 1. The number of thiophene rings is 1. The molecule has 2 aromatic rings. The second-order valence-electron chi connectivity index (χ2n) is 4.40. The average Bonchev–Trinajstić information content (AvgIpc) is 2.80. The molecule has 1 aromatic heterocycles. The lowest BCUT2D eigenvalue weighted by Gasteiger charge is -2.16. The van der Waals surface area contributed by atoms with Crippen LogP contribution < -0.4 is 0 Å². The summed E-state index contributed by atoms with van der Waals surface area (Å²) >= 11 is 1.66. The summed E-state index contributed by atoms with van der Waals surface area (Å²) in [5.74, 6) is -1.62. The van der Waals surface area contributed by atoms with Crippen LogP contribution in [0.15, 0.2) is 35.7 Å². The van der Waals surface area contributed by atoms with Crippen LogP contribution in [0.1, 0.15) is 20.8 Å². The van der Waals surface area contributed by atoms with Gasteiger partial charge < -0.3 is 5.11 Å². The van der Waals surface area contributed by atoms with E-state index in [0.29, 0.717) is 12.1 Å². The highest BCUT2D eigenvalue weighted by Gasteiger charge is 2.09. The third kappa shape index (κ3) is 3.87. The lowest BCUT2D eigenvalue weighted by atomic mass is 10.1. The van der Waals surface area contributed by atoms with Crippen molar-refractivity contribution in [2.45, 2.75) is 13.1 Å². The maximum Gasteiger partial charge on any atom is 0.335 e. The third-order valence-corrected chi connectivity index (χ3v) is 3.52. The third-order valence-electron chi connectivity index (χ3n) is 2.66. The van der Waals surface area contributed by atoms with Crippen molar-refractivity contribution in [3.05, 3.63) is 57.5 Å². The van der Waals surface area contributed by atoms with Crippen molar-refractivity contribution in [3.63, 3.8) is 0 Å². The smallest absolute Gasteiger partial charge is 0.335 e. The topological polar surface area (TPSA) is 40.5 Å². The van der Waals surface area contributed by atoms with Gasteiger partial charge in [-0.3, -0.25) is 4.90 Å². The van der Waals surface area contributed by atoms with E-state index >= 15 is 0 Å². The molecule has 5 heteroatoms. The maximum atomic E-state index is 13.3. The maximum absolute atomic E-state index is 13.3. The average molecular weight is 279 g/mol. The van der Waals surface area contributed by atoms with Crippen LogP contribution in [0, 0.1) is 5.82 Å². The summed E-state index contributed by atoms with van der Waals surface area (Å²) in [6, 6.07) is 7.94. The molecule has 19 heavy (non-hydrogen) atoms. The van der Waals surface area contributed by atoms with Crippen molar-refractivity contribution in [2.75, 3.05) is 7.05 Å². The SMILES string of the molecule is CN(Cc1cc(F)cc(C(=O)O)c1)Cc1cccs1. The molecule has 1 aromatic carbocycles. The molecule has 0 radical (unpaired) electrons.